The Balaban J connectivity index is 1.73. The van der Waals surface area contributed by atoms with Crippen molar-refractivity contribution in [1.29, 1.82) is 0 Å². The molecule has 1 N–H and O–H groups in total. The number of nitrogens with zero attached hydrogens (tertiary/aromatic N) is 2. The molecule has 1 aromatic heterocycles. The third-order valence-electron chi connectivity index (χ3n) is 4.48. The fourth-order valence-electron chi connectivity index (χ4n) is 3.09. The number of anilines is 1. The molecule has 1 amide bonds. The van der Waals surface area contributed by atoms with Crippen LogP contribution in [0.4, 0.5) is 5.69 Å². The van der Waals surface area contributed by atoms with Crippen molar-refractivity contribution in [3.63, 3.8) is 0 Å². The minimum Gasteiger partial charge on any atom is -0.324 e. The van der Waals surface area contributed by atoms with Gasteiger partial charge < -0.3 is 5.32 Å². The average molecular weight is 457 g/mol. The minimum absolute atomic E-state index is 0.000162. The molecule has 0 saturated carbocycles. The maximum atomic E-state index is 12.7. The lowest BCUT2D eigenvalue weighted by Gasteiger charge is -2.09. The quantitative estimate of drug-likeness (QED) is 0.358. The molecule has 150 valence electrons. The predicted molar refractivity (Wildman–Crippen MR) is 123 cm³/mol. The molecule has 0 saturated heterocycles. The monoisotopic (exact) mass is 455 g/mol. The van der Waals surface area contributed by atoms with Crippen LogP contribution in [0.25, 0.3) is 22.5 Å². The number of rotatable bonds is 5. The van der Waals surface area contributed by atoms with Crippen LogP contribution in [-0.4, -0.2) is 15.7 Å². The molecule has 0 unspecified atom stereocenters. The van der Waals surface area contributed by atoms with E-state index in [9.17, 15) is 4.79 Å². The smallest absolute Gasteiger partial charge is 0.246 e. The normalized spacial score (nSPS) is 10.8. The molecule has 0 bridgehead atoms. The molecule has 0 spiro atoms. The summed E-state index contributed by atoms with van der Waals surface area (Å²) < 4.78 is 1.60. The number of benzene rings is 3. The molecule has 1 heterocycles. The van der Waals surface area contributed by atoms with Gasteiger partial charge in [0, 0.05) is 26.9 Å². The lowest BCUT2D eigenvalue weighted by atomic mass is 10.1. The summed E-state index contributed by atoms with van der Waals surface area (Å²) in [5.74, 6) is -0.210. The van der Waals surface area contributed by atoms with Crippen molar-refractivity contribution < 1.29 is 4.79 Å². The topological polar surface area (TPSA) is 46.9 Å². The molecule has 0 aliphatic rings. The zero-order valence-corrected chi connectivity index (χ0v) is 17.9. The van der Waals surface area contributed by atoms with Crippen LogP contribution >= 0.6 is 34.8 Å². The van der Waals surface area contributed by atoms with E-state index in [1.54, 1.807) is 28.9 Å². The predicted octanol–water partition coefficient (Wildman–Crippen LogP) is 6.82. The van der Waals surface area contributed by atoms with Gasteiger partial charge in [0.15, 0.2) is 0 Å². The first-order valence-electron chi connectivity index (χ1n) is 9.14. The van der Waals surface area contributed by atoms with E-state index in [4.69, 9.17) is 34.8 Å². The second-order valence-electron chi connectivity index (χ2n) is 6.60. The Morgan fingerprint density at radius 3 is 1.97 bits per heavy atom. The fourth-order valence-corrected chi connectivity index (χ4v) is 3.69. The molecule has 0 radical (unpaired) electrons. The van der Waals surface area contributed by atoms with E-state index in [0.29, 0.717) is 32.1 Å². The summed E-state index contributed by atoms with van der Waals surface area (Å²) in [5.41, 5.74) is 3.55. The van der Waals surface area contributed by atoms with Gasteiger partial charge in [-0.3, -0.25) is 9.48 Å². The van der Waals surface area contributed by atoms with Crippen LogP contribution in [0.5, 0.6) is 0 Å². The molecule has 4 aromatic rings. The highest BCUT2D eigenvalue weighted by Crippen LogP contribution is 2.37. The number of aromatic nitrogens is 2. The first-order valence-corrected chi connectivity index (χ1v) is 10.3. The largest absolute Gasteiger partial charge is 0.324 e. The first-order chi connectivity index (χ1) is 14.5. The Labute approximate surface area is 189 Å². The number of hydrogen-bond donors (Lipinski definition) is 1. The van der Waals surface area contributed by atoms with Crippen LogP contribution in [0.3, 0.4) is 0 Å². The Bertz CT molecular complexity index is 1170. The Kier molecular flexibility index (Phi) is 6.09. The van der Waals surface area contributed by atoms with Gasteiger partial charge in [0.1, 0.15) is 12.2 Å². The standard InChI is InChI=1S/C23H16Cl3N3O/c24-17-10-6-15(7-11-17)22-21(26)23(16-8-12-18(25)13-9-16)29(28-22)14-20(30)27-19-4-2-1-3-5-19/h1-13H,14H2,(H,27,30). The molecule has 0 fully saturated rings. The fraction of sp³-hybridized carbons (Fsp3) is 0.0435. The molecular formula is C23H16Cl3N3O. The third kappa shape index (κ3) is 4.51. The van der Waals surface area contributed by atoms with Gasteiger partial charge in [0.2, 0.25) is 5.91 Å². The van der Waals surface area contributed by atoms with Gasteiger partial charge in [-0.2, -0.15) is 5.10 Å². The lowest BCUT2D eigenvalue weighted by Crippen LogP contribution is -2.20. The Hall–Kier alpha value is -2.79. The van der Waals surface area contributed by atoms with Crippen LogP contribution in [0.2, 0.25) is 15.1 Å². The summed E-state index contributed by atoms with van der Waals surface area (Å²) >= 11 is 18.8. The third-order valence-corrected chi connectivity index (χ3v) is 5.34. The molecule has 3 aromatic carbocycles. The first kappa shape index (κ1) is 20.5. The van der Waals surface area contributed by atoms with Gasteiger partial charge in [-0.25, -0.2) is 0 Å². The second-order valence-corrected chi connectivity index (χ2v) is 7.85. The van der Waals surface area contributed by atoms with Gasteiger partial charge in [-0.1, -0.05) is 77.3 Å². The summed E-state index contributed by atoms with van der Waals surface area (Å²) in [7, 11) is 0. The minimum atomic E-state index is -0.210. The van der Waals surface area contributed by atoms with Crippen molar-refractivity contribution in [3.05, 3.63) is 93.9 Å². The molecule has 7 heteroatoms. The van der Waals surface area contributed by atoms with E-state index in [0.717, 1.165) is 11.1 Å². The average Bonchev–Trinajstić information content (AvgIpc) is 3.05. The van der Waals surface area contributed by atoms with Crippen LogP contribution in [-0.2, 0) is 11.3 Å². The number of carbonyl (C=O) groups is 1. The maximum Gasteiger partial charge on any atom is 0.246 e. The van der Waals surface area contributed by atoms with Crippen molar-refractivity contribution in [1.82, 2.24) is 9.78 Å². The highest BCUT2D eigenvalue weighted by atomic mass is 35.5. The van der Waals surface area contributed by atoms with E-state index in [1.807, 2.05) is 54.6 Å². The van der Waals surface area contributed by atoms with Gasteiger partial charge in [-0.05, 0) is 36.4 Å². The number of carbonyl (C=O) groups excluding carboxylic acids is 1. The second kappa shape index (κ2) is 8.92. The van der Waals surface area contributed by atoms with E-state index in [-0.39, 0.29) is 12.5 Å². The molecule has 0 aliphatic heterocycles. The van der Waals surface area contributed by atoms with Gasteiger partial charge in [0.25, 0.3) is 0 Å². The molecule has 4 rings (SSSR count). The number of hydrogen-bond acceptors (Lipinski definition) is 2. The van der Waals surface area contributed by atoms with Gasteiger partial charge in [-0.15, -0.1) is 0 Å². The SMILES string of the molecule is O=C(Cn1nc(-c2ccc(Cl)cc2)c(Cl)c1-c1ccc(Cl)cc1)Nc1ccccc1. The number of amides is 1. The highest BCUT2D eigenvalue weighted by Gasteiger charge is 2.21. The molecule has 30 heavy (non-hydrogen) atoms. The van der Waals surface area contributed by atoms with Crippen LogP contribution in [0.15, 0.2) is 78.9 Å². The number of para-hydroxylation sites is 1. The van der Waals surface area contributed by atoms with Crippen molar-refractivity contribution in [2.45, 2.75) is 6.54 Å². The lowest BCUT2D eigenvalue weighted by molar-refractivity contribution is -0.116. The molecule has 0 atom stereocenters. The zero-order chi connectivity index (χ0) is 21.1. The Morgan fingerprint density at radius 1 is 0.800 bits per heavy atom. The van der Waals surface area contributed by atoms with Crippen LogP contribution < -0.4 is 5.32 Å². The highest BCUT2D eigenvalue weighted by molar-refractivity contribution is 6.36. The Morgan fingerprint density at radius 2 is 1.37 bits per heavy atom. The molecule has 4 nitrogen and oxygen atoms in total. The summed E-state index contributed by atoms with van der Waals surface area (Å²) in [6.07, 6.45) is 0. The van der Waals surface area contributed by atoms with Crippen LogP contribution in [0.1, 0.15) is 0 Å². The van der Waals surface area contributed by atoms with E-state index in [2.05, 4.69) is 10.4 Å². The van der Waals surface area contributed by atoms with Crippen molar-refractivity contribution in [2.24, 2.45) is 0 Å². The van der Waals surface area contributed by atoms with E-state index < -0.39 is 0 Å². The number of halogens is 3. The van der Waals surface area contributed by atoms with Gasteiger partial charge >= 0.3 is 0 Å². The van der Waals surface area contributed by atoms with E-state index in [1.165, 1.54) is 0 Å². The summed E-state index contributed by atoms with van der Waals surface area (Å²) in [6.45, 7) is 0.000162. The van der Waals surface area contributed by atoms with Crippen molar-refractivity contribution in [3.8, 4) is 22.5 Å². The summed E-state index contributed by atoms with van der Waals surface area (Å²) in [4.78, 5) is 12.7. The van der Waals surface area contributed by atoms with Gasteiger partial charge in [0.05, 0.1) is 10.7 Å². The maximum absolute atomic E-state index is 12.7. The van der Waals surface area contributed by atoms with Crippen molar-refractivity contribution in [2.75, 3.05) is 5.32 Å². The van der Waals surface area contributed by atoms with Crippen LogP contribution in [0, 0.1) is 0 Å². The summed E-state index contributed by atoms with van der Waals surface area (Å²) in [6, 6.07) is 23.7. The molecular weight excluding hydrogens is 441 g/mol. The van der Waals surface area contributed by atoms with Crippen molar-refractivity contribution >= 4 is 46.4 Å². The number of nitrogens with one attached hydrogen (secondary N) is 1. The van der Waals surface area contributed by atoms with E-state index >= 15 is 0 Å². The molecule has 0 aliphatic carbocycles. The summed E-state index contributed by atoms with van der Waals surface area (Å²) in [5, 5.41) is 9.19. The zero-order valence-electron chi connectivity index (χ0n) is 15.6.